The van der Waals surface area contributed by atoms with Crippen molar-refractivity contribution in [1.82, 2.24) is 0 Å². The summed E-state index contributed by atoms with van der Waals surface area (Å²) in [6.45, 7) is 0.770. The second-order valence-corrected chi connectivity index (χ2v) is 2.55. The predicted molar refractivity (Wildman–Crippen MR) is 48.6 cm³/mol. The summed E-state index contributed by atoms with van der Waals surface area (Å²) in [4.78, 5) is 4.04. The van der Waals surface area contributed by atoms with Gasteiger partial charge >= 0.3 is 0 Å². The average Bonchev–Trinajstić information content (AvgIpc) is 2.28. The second-order valence-electron chi connectivity index (χ2n) is 2.55. The van der Waals surface area contributed by atoms with Gasteiger partial charge in [-0.05, 0) is 25.5 Å². The number of hydrogen-bond acceptors (Lipinski definition) is 2. The summed E-state index contributed by atoms with van der Waals surface area (Å²) in [6, 6.07) is 0. The van der Waals surface area contributed by atoms with E-state index in [0.29, 0.717) is 0 Å². The zero-order valence-corrected chi connectivity index (χ0v) is 6.66. The zero-order valence-electron chi connectivity index (χ0n) is 6.66. The molecular weight excluding hydrogens is 136 g/mol. The van der Waals surface area contributed by atoms with Gasteiger partial charge in [0.2, 0.25) is 0 Å². The molecule has 0 aromatic rings. The van der Waals surface area contributed by atoms with Crippen molar-refractivity contribution in [3.05, 3.63) is 23.9 Å². The van der Waals surface area contributed by atoms with E-state index in [-0.39, 0.29) is 0 Å². The van der Waals surface area contributed by atoms with Gasteiger partial charge in [0.05, 0.1) is 0 Å². The molecule has 0 amide bonds. The van der Waals surface area contributed by atoms with Gasteiger partial charge < -0.3 is 5.73 Å². The molecule has 1 aliphatic rings. The van der Waals surface area contributed by atoms with E-state index < -0.39 is 0 Å². The van der Waals surface area contributed by atoms with Crippen molar-refractivity contribution in [2.24, 2.45) is 10.7 Å². The normalized spacial score (nSPS) is 16.3. The Morgan fingerprint density at radius 3 is 3.27 bits per heavy atom. The van der Waals surface area contributed by atoms with Gasteiger partial charge in [0.1, 0.15) is 0 Å². The fourth-order valence-electron chi connectivity index (χ4n) is 1.02. The Bertz CT molecular complexity index is 190. The third kappa shape index (κ3) is 3.14. The quantitative estimate of drug-likeness (QED) is 0.652. The summed E-state index contributed by atoms with van der Waals surface area (Å²) in [7, 11) is 0. The number of aliphatic imine (C=N–C) groups is 1. The highest BCUT2D eigenvalue weighted by Gasteiger charge is 1.92. The lowest BCUT2D eigenvalue weighted by molar-refractivity contribution is 0.834. The maximum Gasteiger partial charge on any atom is 0.0266 e. The maximum absolute atomic E-state index is 5.40. The maximum atomic E-state index is 5.40. The van der Waals surface area contributed by atoms with Crippen molar-refractivity contribution in [2.75, 3.05) is 6.54 Å². The number of nitrogens with two attached hydrogens (primary N) is 1. The van der Waals surface area contributed by atoms with Crippen molar-refractivity contribution < 1.29 is 0 Å². The Morgan fingerprint density at radius 1 is 1.55 bits per heavy atom. The largest absolute Gasteiger partial charge is 0.330 e. The molecule has 0 saturated heterocycles. The molecule has 0 spiro atoms. The molecule has 0 aromatic carbocycles. The molecule has 0 saturated carbocycles. The SMILES string of the molecule is NCCCC1=CCC=NC=C1. The van der Waals surface area contributed by atoms with Crippen LogP contribution in [0.2, 0.25) is 0 Å². The molecule has 11 heavy (non-hydrogen) atoms. The summed E-state index contributed by atoms with van der Waals surface area (Å²) in [6.07, 6.45) is 11.1. The molecule has 2 heteroatoms. The van der Waals surface area contributed by atoms with Crippen LogP contribution < -0.4 is 5.73 Å². The average molecular weight is 150 g/mol. The molecule has 0 aromatic heterocycles. The molecule has 0 atom stereocenters. The van der Waals surface area contributed by atoms with E-state index in [2.05, 4.69) is 17.1 Å². The first-order chi connectivity index (χ1) is 5.43. The number of rotatable bonds is 3. The zero-order chi connectivity index (χ0) is 7.94. The smallest absolute Gasteiger partial charge is 0.0266 e. The Morgan fingerprint density at radius 2 is 2.45 bits per heavy atom. The molecule has 1 heterocycles. The minimum absolute atomic E-state index is 0.770. The van der Waals surface area contributed by atoms with Crippen LogP contribution in [0.3, 0.4) is 0 Å². The third-order valence-electron chi connectivity index (χ3n) is 1.64. The van der Waals surface area contributed by atoms with Gasteiger partial charge in [-0.2, -0.15) is 0 Å². The minimum Gasteiger partial charge on any atom is -0.330 e. The third-order valence-corrected chi connectivity index (χ3v) is 1.64. The van der Waals surface area contributed by atoms with Crippen LogP contribution in [0.5, 0.6) is 0 Å². The van der Waals surface area contributed by atoms with Crippen LogP contribution in [0.25, 0.3) is 0 Å². The first kappa shape index (κ1) is 8.21. The summed E-state index contributed by atoms with van der Waals surface area (Å²) in [5.74, 6) is 0. The van der Waals surface area contributed by atoms with Crippen LogP contribution in [0.15, 0.2) is 28.9 Å². The first-order valence-electron chi connectivity index (χ1n) is 4.01. The standard InChI is InChI=1S/C9H14N2/c10-6-1-3-9-4-2-7-11-8-5-9/h4-5,7-8H,1-3,6,10H2. The van der Waals surface area contributed by atoms with Crippen LogP contribution >= 0.6 is 0 Å². The lowest BCUT2D eigenvalue weighted by Gasteiger charge is -1.97. The lowest BCUT2D eigenvalue weighted by atomic mass is 10.1. The molecule has 0 radical (unpaired) electrons. The fourth-order valence-corrected chi connectivity index (χ4v) is 1.02. The van der Waals surface area contributed by atoms with Gasteiger partial charge in [-0.3, -0.25) is 4.99 Å². The molecule has 2 N–H and O–H groups in total. The Labute approximate surface area is 67.5 Å². The van der Waals surface area contributed by atoms with Crippen LogP contribution in [0, 0.1) is 0 Å². The lowest BCUT2D eigenvalue weighted by Crippen LogP contribution is -1.98. The molecule has 60 valence electrons. The van der Waals surface area contributed by atoms with Crippen molar-refractivity contribution >= 4 is 6.21 Å². The number of allylic oxidation sites excluding steroid dienone is 3. The van der Waals surface area contributed by atoms with Crippen LogP contribution in [0.4, 0.5) is 0 Å². The summed E-state index contributed by atoms with van der Waals surface area (Å²) < 4.78 is 0. The molecule has 1 aliphatic heterocycles. The highest BCUT2D eigenvalue weighted by atomic mass is 14.7. The van der Waals surface area contributed by atoms with Crippen molar-refractivity contribution in [3.63, 3.8) is 0 Å². The van der Waals surface area contributed by atoms with Gasteiger partial charge in [-0.1, -0.05) is 11.6 Å². The Hall–Kier alpha value is -0.890. The number of hydrogen-bond donors (Lipinski definition) is 1. The summed E-state index contributed by atoms with van der Waals surface area (Å²) >= 11 is 0. The highest BCUT2D eigenvalue weighted by molar-refractivity contribution is 5.61. The van der Waals surface area contributed by atoms with E-state index in [1.54, 1.807) is 0 Å². The highest BCUT2D eigenvalue weighted by Crippen LogP contribution is 2.08. The van der Waals surface area contributed by atoms with E-state index in [0.717, 1.165) is 25.8 Å². The molecule has 2 nitrogen and oxygen atoms in total. The van der Waals surface area contributed by atoms with E-state index in [9.17, 15) is 0 Å². The Balaban J connectivity index is 2.38. The second kappa shape index (κ2) is 4.85. The van der Waals surface area contributed by atoms with Crippen LogP contribution in [-0.4, -0.2) is 12.8 Å². The number of nitrogens with zero attached hydrogens (tertiary/aromatic N) is 1. The first-order valence-corrected chi connectivity index (χ1v) is 4.01. The van der Waals surface area contributed by atoms with Crippen LogP contribution in [-0.2, 0) is 0 Å². The van der Waals surface area contributed by atoms with Gasteiger partial charge in [0, 0.05) is 18.8 Å². The van der Waals surface area contributed by atoms with E-state index >= 15 is 0 Å². The molecular formula is C9H14N2. The Kier molecular flexibility index (Phi) is 3.62. The molecule has 0 fully saturated rings. The summed E-state index contributed by atoms with van der Waals surface area (Å²) in [5.41, 5.74) is 6.76. The molecule has 0 aliphatic carbocycles. The van der Waals surface area contributed by atoms with Crippen molar-refractivity contribution in [1.29, 1.82) is 0 Å². The van der Waals surface area contributed by atoms with Crippen LogP contribution in [0.1, 0.15) is 19.3 Å². The monoisotopic (exact) mass is 150 g/mol. The fraction of sp³-hybridized carbons (Fsp3) is 0.444. The van der Waals surface area contributed by atoms with E-state index in [4.69, 9.17) is 5.73 Å². The molecule has 0 bridgehead atoms. The minimum atomic E-state index is 0.770. The summed E-state index contributed by atoms with van der Waals surface area (Å²) in [5, 5.41) is 0. The predicted octanol–water partition coefficient (Wildman–Crippen LogP) is 1.64. The van der Waals surface area contributed by atoms with Gasteiger partial charge in [-0.25, -0.2) is 0 Å². The van der Waals surface area contributed by atoms with Crippen molar-refractivity contribution in [2.45, 2.75) is 19.3 Å². The topological polar surface area (TPSA) is 38.4 Å². The molecule has 1 rings (SSSR count). The molecule has 0 unspecified atom stereocenters. The van der Waals surface area contributed by atoms with Crippen molar-refractivity contribution in [3.8, 4) is 0 Å². The van der Waals surface area contributed by atoms with E-state index in [1.807, 2.05) is 12.4 Å². The van der Waals surface area contributed by atoms with Gasteiger partial charge in [0.25, 0.3) is 0 Å². The van der Waals surface area contributed by atoms with E-state index in [1.165, 1.54) is 5.57 Å². The van der Waals surface area contributed by atoms with Gasteiger partial charge in [0.15, 0.2) is 0 Å². The van der Waals surface area contributed by atoms with Gasteiger partial charge in [-0.15, -0.1) is 0 Å².